The molecule has 3 amide bonds. The predicted molar refractivity (Wildman–Crippen MR) is 109 cm³/mol. The van der Waals surface area contributed by atoms with Crippen LogP contribution in [0.15, 0.2) is 4.99 Å². The molecule has 0 aromatic heterocycles. The Morgan fingerprint density at radius 2 is 1.61 bits per heavy atom. The van der Waals surface area contributed by atoms with Crippen molar-refractivity contribution in [1.29, 1.82) is 0 Å². The van der Waals surface area contributed by atoms with Crippen LogP contribution in [0.5, 0.6) is 0 Å². The lowest BCUT2D eigenvalue weighted by Gasteiger charge is -2.24. The van der Waals surface area contributed by atoms with Crippen molar-refractivity contribution in [3.63, 3.8) is 0 Å². The van der Waals surface area contributed by atoms with E-state index in [1.54, 1.807) is 13.8 Å². The fourth-order valence-corrected chi connectivity index (χ4v) is 2.36. The van der Waals surface area contributed by atoms with Gasteiger partial charge in [-0.2, -0.15) is 0 Å². The van der Waals surface area contributed by atoms with E-state index in [9.17, 15) is 29.1 Å². The van der Waals surface area contributed by atoms with Gasteiger partial charge in [-0.15, -0.1) is 0 Å². The first-order valence-electron chi connectivity index (χ1n) is 9.48. The van der Waals surface area contributed by atoms with Gasteiger partial charge in [0.05, 0.1) is 19.0 Å². The summed E-state index contributed by atoms with van der Waals surface area (Å²) in [6, 6.07) is -3.62. The van der Waals surface area contributed by atoms with Crippen LogP contribution in [-0.4, -0.2) is 77.0 Å². The van der Waals surface area contributed by atoms with E-state index < -0.39 is 66.7 Å². The first kappa shape index (κ1) is 27.6. The number of carboxylic acids is 2. The second-order valence-corrected chi connectivity index (χ2v) is 7.06. The van der Waals surface area contributed by atoms with Crippen LogP contribution in [0.25, 0.3) is 0 Å². The highest BCUT2D eigenvalue weighted by Crippen LogP contribution is 2.05. The van der Waals surface area contributed by atoms with Gasteiger partial charge in [0.15, 0.2) is 5.96 Å². The minimum atomic E-state index is -1.33. The molecule has 0 aliphatic rings. The highest BCUT2D eigenvalue weighted by molar-refractivity contribution is 5.93. The Labute approximate surface area is 179 Å². The monoisotopic (exact) mass is 445 g/mol. The summed E-state index contributed by atoms with van der Waals surface area (Å²) in [6.45, 7) is 2.93. The van der Waals surface area contributed by atoms with E-state index in [0.29, 0.717) is 6.42 Å². The fraction of sp³-hybridized carbons (Fsp3) is 0.647. The molecular formula is C17H31N7O7. The minimum absolute atomic E-state index is 0.0636. The van der Waals surface area contributed by atoms with Crippen LogP contribution in [0.2, 0.25) is 0 Å². The molecule has 0 spiro atoms. The minimum Gasteiger partial charge on any atom is -0.481 e. The van der Waals surface area contributed by atoms with E-state index in [1.807, 2.05) is 0 Å². The molecule has 0 saturated carbocycles. The molecule has 31 heavy (non-hydrogen) atoms. The molecule has 0 aromatic carbocycles. The Hall–Kier alpha value is -3.42. The number of nitrogens with two attached hydrogens (primary N) is 3. The van der Waals surface area contributed by atoms with Gasteiger partial charge >= 0.3 is 11.9 Å². The van der Waals surface area contributed by atoms with Crippen LogP contribution in [0, 0.1) is 5.92 Å². The number of carbonyl (C=O) groups excluding carboxylic acids is 3. The van der Waals surface area contributed by atoms with E-state index in [2.05, 4.69) is 20.9 Å². The molecule has 0 aromatic rings. The summed E-state index contributed by atoms with van der Waals surface area (Å²) in [7, 11) is 0. The van der Waals surface area contributed by atoms with Crippen molar-refractivity contribution < 1.29 is 34.2 Å². The third-order valence-corrected chi connectivity index (χ3v) is 3.98. The van der Waals surface area contributed by atoms with Crippen molar-refractivity contribution in [2.75, 3.05) is 13.1 Å². The molecule has 0 aliphatic heterocycles. The highest BCUT2D eigenvalue weighted by atomic mass is 16.4. The number of nitrogens with one attached hydrogen (secondary N) is 3. The first-order chi connectivity index (χ1) is 14.3. The molecule has 0 rings (SSSR count). The van der Waals surface area contributed by atoms with Gasteiger partial charge in [0.25, 0.3) is 0 Å². The average molecular weight is 445 g/mol. The quantitative estimate of drug-likeness (QED) is 0.0749. The van der Waals surface area contributed by atoms with E-state index >= 15 is 0 Å². The number of rotatable bonds is 14. The van der Waals surface area contributed by atoms with Gasteiger partial charge in [0, 0.05) is 6.54 Å². The molecule has 11 N–H and O–H groups in total. The lowest BCUT2D eigenvalue weighted by Crippen LogP contribution is -2.55. The number of carboxylic acid groups (broad SMARTS) is 2. The van der Waals surface area contributed by atoms with E-state index in [1.165, 1.54) is 0 Å². The maximum absolute atomic E-state index is 12.5. The molecule has 14 nitrogen and oxygen atoms in total. The molecule has 0 bridgehead atoms. The summed E-state index contributed by atoms with van der Waals surface area (Å²) in [5.41, 5.74) is 15.8. The first-order valence-corrected chi connectivity index (χ1v) is 9.48. The van der Waals surface area contributed by atoms with E-state index in [-0.39, 0.29) is 18.9 Å². The molecule has 14 heteroatoms. The van der Waals surface area contributed by atoms with E-state index in [0.717, 1.165) is 0 Å². The summed E-state index contributed by atoms with van der Waals surface area (Å²) in [6.07, 6.45) is -0.241. The zero-order valence-corrected chi connectivity index (χ0v) is 17.5. The summed E-state index contributed by atoms with van der Waals surface area (Å²) in [5, 5.41) is 24.9. The summed E-state index contributed by atoms with van der Waals surface area (Å²) in [4.78, 5) is 62.0. The Kier molecular flexibility index (Phi) is 12.2. The zero-order chi connectivity index (χ0) is 24.1. The number of aliphatic imine (C=N–C) groups is 1. The van der Waals surface area contributed by atoms with Gasteiger partial charge in [-0.3, -0.25) is 24.2 Å². The largest absolute Gasteiger partial charge is 0.481 e. The molecule has 0 aliphatic carbocycles. The lowest BCUT2D eigenvalue weighted by molar-refractivity contribution is -0.142. The van der Waals surface area contributed by atoms with Crippen molar-refractivity contribution in [2.24, 2.45) is 28.1 Å². The van der Waals surface area contributed by atoms with Gasteiger partial charge in [-0.25, -0.2) is 4.79 Å². The van der Waals surface area contributed by atoms with Crippen LogP contribution in [0.3, 0.4) is 0 Å². The normalized spacial score (nSPS) is 13.4. The van der Waals surface area contributed by atoms with Gasteiger partial charge in [-0.05, 0) is 18.8 Å². The predicted octanol–water partition coefficient (Wildman–Crippen LogP) is -3.33. The summed E-state index contributed by atoms with van der Waals surface area (Å²) in [5.74, 6) is -5.34. The number of amides is 3. The number of guanidine groups is 1. The molecule has 3 atom stereocenters. The molecule has 0 fully saturated rings. The number of aliphatic carboxylic acids is 2. The van der Waals surface area contributed by atoms with Gasteiger partial charge in [-0.1, -0.05) is 13.8 Å². The standard InChI is InChI=1S/C17H31N7O7/c1-8(2)13(24-11(25)7-22-14(28)9(18)6-12(26)27)15(29)23-10(16(30)31)4-3-5-21-17(19)20/h8-10,13H,3-7,18H2,1-2H3,(H,22,28)(H,23,29)(H,24,25)(H,26,27)(H,30,31)(H4,19,20,21). The average Bonchev–Trinajstić information content (AvgIpc) is 2.64. The van der Waals surface area contributed by atoms with Gasteiger partial charge in [0.2, 0.25) is 17.7 Å². The fourth-order valence-electron chi connectivity index (χ4n) is 2.36. The number of hydrogen-bond donors (Lipinski definition) is 8. The topological polar surface area (TPSA) is 252 Å². The van der Waals surface area contributed by atoms with Crippen molar-refractivity contribution >= 4 is 35.6 Å². The molecule has 176 valence electrons. The highest BCUT2D eigenvalue weighted by Gasteiger charge is 2.28. The van der Waals surface area contributed by atoms with Crippen LogP contribution in [0.1, 0.15) is 33.1 Å². The SMILES string of the molecule is CC(C)C(NC(=O)CNC(=O)C(N)CC(=O)O)C(=O)NC(CCCN=C(N)N)C(=O)O. The third kappa shape index (κ3) is 12.0. The summed E-state index contributed by atoms with van der Waals surface area (Å²) >= 11 is 0. The lowest BCUT2D eigenvalue weighted by atomic mass is 10.0. The van der Waals surface area contributed by atoms with E-state index in [4.69, 9.17) is 22.3 Å². The van der Waals surface area contributed by atoms with Crippen molar-refractivity contribution in [3.8, 4) is 0 Å². The molecule has 0 heterocycles. The maximum atomic E-state index is 12.5. The van der Waals surface area contributed by atoms with Crippen LogP contribution in [-0.2, 0) is 24.0 Å². The van der Waals surface area contributed by atoms with Crippen LogP contribution < -0.4 is 33.2 Å². The summed E-state index contributed by atoms with van der Waals surface area (Å²) < 4.78 is 0. The number of carbonyl (C=O) groups is 5. The molecule has 0 saturated heterocycles. The number of hydrogen-bond acceptors (Lipinski definition) is 7. The molecule has 3 unspecified atom stereocenters. The van der Waals surface area contributed by atoms with Crippen LogP contribution >= 0.6 is 0 Å². The zero-order valence-electron chi connectivity index (χ0n) is 17.5. The Morgan fingerprint density at radius 1 is 1.00 bits per heavy atom. The van der Waals surface area contributed by atoms with Crippen molar-refractivity contribution in [1.82, 2.24) is 16.0 Å². The van der Waals surface area contributed by atoms with Gasteiger partial charge < -0.3 is 43.4 Å². The van der Waals surface area contributed by atoms with Crippen LogP contribution in [0.4, 0.5) is 0 Å². The molecule has 0 radical (unpaired) electrons. The Bertz CT molecular complexity index is 692. The van der Waals surface area contributed by atoms with Gasteiger partial charge in [0.1, 0.15) is 12.1 Å². The smallest absolute Gasteiger partial charge is 0.326 e. The number of nitrogens with zero attached hydrogens (tertiary/aromatic N) is 1. The van der Waals surface area contributed by atoms with Crippen molar-refractivity contribution in [3.05, 3.63) is 0 Å². The maximum Gasteiger partial charge on any atom is 0.326 e. The van der Waals surface area contributed by atoms with Crippen molar-refractivity contribution in [2.45, 2.75) is 51.2 Å². The second kappa shape index (κ2) is 13.7. The third-order valence-electron chi connectivity index (χ3n) is 3.98. The second-order valence-electron chi connectivity index (χ2n) is 7.06. The Balaban J connectivity index is 4.82. The molecular weight excluding hydrogens is 414 g/mol. The Morgan fingerprint density at radius 3 is 2.10 bits per heavy atom.